The maximum absolute atomic E-state index is 4.70. The minimum atomic E-state index is 0.569. The first kappa shape index (κ1) is 10.0. The normalized spacial score (nSPS) is 8.20. The quantitative estimate of drug-likeness (QED) is 0.669. The van der Waals surface area contributed by atoms with Gasteiger partial charge in [-0.25, -0.2) is 4.98 Å². The molecule has 1 heterocycles. The van der Waals surface area contributed by atoms with Gasteiger partial charge in [0.25, 0.3) is 0 Å². The van der Waals surface area contributed by atoms with Gasteiger partial charge in [-0.1, -0.05) is 6.58 Å². The van der Waals surface area contributed by atoms with Crippen LogP contribution in [0.3, 0.4) is 0 Å². The monoisotopic (exact) mass is 222 g/mol. The molecule has 5 heteroatoms. The zero-order chi connectivity index (χ0) is 7.82. The van der Waals surface area contributed by atoms with Crippen LogP contribution in [-0.4, -0.2) is 9.55 Å². The Kier molecular flexibility index (Phi) is 7.15. The van der Waals surface area contributed by atoms with E-state index in [0.717, 1.165) is 0 Å². The summed E-state index contributed by atoms with van der Waals surface area (Å²) in [5.41, 5.74) is 0. The predicted octanol–water partition coefficient (Wildman–Crippen LogP) is 2.36. The van der Waals surface area contributed by atoms with Crippen LogP contribution in [0.2, 0.25) is 0 Å². The third-order valence-corrected chi connectivity index (χ3v) is 0.736. The summed E-state index contributed by atoms with van der Waals surface area (Å²) in [6, 6.07) is 0. The summed E-state index contributed by atoms with van der Waals surface area (Å²) in [5, 5.41) is 0. The van der Waals surface area contributed by atoms with E-state index in [4.69, 9.17) is 20.4 Å². The van der Waals surface area contributed by atoms with Crippen molar-refractivity contribution in [1.82, 2.24) is 9.55 Å². The van der Waals surface area contributed by atoms with Crippen molar-refractivity contribution in [3.05, 3.63) is 25.3 Å². The van der Waals surface area contributed by atoms with Crippen molar-refractivity contribution in [1.29, 1.82) is 0 Å². The fourth-order valence-corrected chi connectivity index (χ4v) is 0.377. The third kappa shape index (κ3) is 4.86. The van der Waals surface area contributed by atoms with Crippen LogP contribution >= 0.6 is 20.4 Å². The van der Waals surface area contributed by atoms with Gasteiger partial charge in [-0.15, -0.1) is 0 Å². The number of hydrogen-bond donors (Lipinski definition) is 0. The van der Waals surface area contributed by atoms with E-state index in [0.29, 0.717) is 12.7 Å². The van der Waals surface area contributed by atoms with Crippen LogP contribution in [-0.2, 0) is 12.7 Å². The van der Waals surface area contributed by atoms with E-state index in [2.05, 4.69) is 11.6 Å². The minimum absolute atomic E-state index is 0.569. The molecular formula is C5H6Cl2N2Ni. The molecule has 0 spiro atoms. The van der Waals surface area contributed by atoms with Gasteiger partial charge in [-0.05, 0) is 0 Å². The first-order valence-electron chi connectivity index (χ1n) is 2.27. The zero-order valence-electron chi connectivity index (χ0n) is 4.98. The van der Waals surface area contributed by atoms with Crippen molar-refractivity contribution in [3.8, 4) is 0 Å². The second-order valence-electron chi connectivity index (χ2n) is 1.24. The summed E-state index contributed by atoms with van der Waals surface area (Å²) < 4.78 is 1.78. The van der Waals surface area contributed by atoms with Crippen LogP contribution in [0.15, 0.2) is 25.3 Å². The molecule has 1 aromatic heterocycles. The summed E-state index contributed by atoms with van der Waals surface area (Å²) in [6.45, 7) is 3.53. The third-order valence-electron chi connectivity index (χ3n) is 0.736. The Bertz CT molecular complexity index is 164. The number of aromatic nitrogens is 2. The molecule has 0 bridgehead atoms. The number of rotatable bonds is 1. The summed E-state index contributed by atoms with van der Waals surface area (Å²) in [7, 11) is 9.40. The average Bonchev–Trinajstić information content (AvgIpc) is 2.39. The standard InChI is InChI=1S/C5H6N2.2ClH.Ni/c1-2-7-4-3-6-5-7;;;/h2-5H,1H2;2*1H;/q;;;+2/p-2. The van der Waals surface area contributed by atoms with Gasteiger partial charge in [-0.2, -0.15) is 0 Å². The van der Waals surface area contributed by atoms with E-state index < -0.39 is 0 Å². The van der Waals surface area contributed by atoms with Crippen LogP contribution in [0.1, 0.15) is 0 Å². The molecule has 0 saturated heterocycles. The summed E-state index contributed by atoms with van der Waals surface area (Å²) >= 11 is 0.569. The molecule has 0 amide bonds. The zero-order valence-corrected chi connectivity index (χ0v) is 7.48. The van der Waals surface area contributed by atoms with Gasteiger partial charge in [0, 0.05) is 18.6 Å². The number of nitrogens with zero attached hydrogens (tertiary/aromatic N) is 2. The van der Waals surface area contributed by atoms with Crippen molar-refractivity contribution >= 4 is 26.6 Å². The van der Waals surface area contributed by atoms with Gasteiger partial charge in [0.05, 0.1) is 6.33 Å². The topological polar surface area (TPSA) is 17.8 Å². The van der Waals surface area contributed by atoms with Crippen LogP contribution in [0.4, 0.5) is 0 Å². The summed E-state index contributed by atoms with van der Waals surface area (Å²) in [4.78, 5) is 3.78. The molecule has 1 rings (SSSR count). The number of hydrogen-bond acceptors (Lipinski definition) is 1. The first-order valence-corrected chi connectivity index (χ1v) is 4.99. The van der Waals surface area contributed by atoms with Crippen molar-refractivity contribution in [3.63, 3.8) is 0 Å². The van der Waals surface area contributed by atoms with Gasteiger partial charge in [0.15, 0.2) is 0 Å². The molecule has 0 fully saturated rings. The van der Waals surface area contributed by atoms with Crippen LogP contribution in [0, 0.1) is 0 Å². The fraction of sp³-hybridized carbons (Fsp3) is 0. The Labute approximate surface area is 74.2 Å². The molecule has 0 N–H and O–H groups in total. The number of imidazole rings is 1. The maximum atomic E-state index is 4.70. The Balaban J connectivity index is 0.000000236. The molecular weight excluding hydrogens is 218 g/mol. The van der Waals surface area contributed by atoms with Gasteiger partial charge in [-0.3, -0.25) is 0 Å². The van der Waals surface area contributed by atoms with Gasteiger partial charge >= 0.3 is 33.0 Å². The van der Waals surface area contributed by atoms with Gasteiger partial charge in [0.2, 0.25) is 0 Å². The second kappa shape index (κ2) is 7.13. The van der Waals surface area contributed by atoms with Crippen LogP contribution in [0.5, 0.6) is 0 Å². The first-order chi connectivity index (χ1) is 4.85. The Morgan fingerprint density at radius 3 is 2.40 bits per heavy atom. The molecule has 1 aromatic rings. The molecule has 0 atom stereocenters. The van der Waals surface area contributed by atoms with E-state index in [9.17, 15) is 0 Å². The molecule has 0 unspecified atom stereocenters. The summed E-state index contributed by atoms with van der Waals surface area (Å²) in [5.74, 6) is 0. The van der Waals surface area contributed by atoms with Crippen molar-refractivity contribution in [2.24, 2.45) is 0 Å². The SMILES string of the molecule is C=Cn1ccnc1.[Cl][Ni][Cl]. The molecule has 0 aliphatic rings. The van der Waals surface area contributed by atoms with Gasteiger partial charge in [0.1, 0.15) is 0 Å². The van der Waals surface area contributed by atoms with E-state index >= 15 is 0 Å². The van der Waals surface area contributed by atoms with Crippen molar-refractivity contribution in [2.75, 3.05) is 0 Å². The molecule has 2 nitrogen and oxygen atoms in total. The number of halogens is 2. The van der Waals surface area contributed by atoms with E-state index in [1.165, 1.54) is 0 Å². The summed E-state index contributed by atoms with van der Waals surface area (Å²) in [6.07, 6.45) is 6.91. The Morgan fingerprint density at radius 1 is 1.60 bits per heavy atom. The molecule has 0 radical (unpaired) electrons. The Hall–Kier alpha value is 0.0235. The molecule has 0 saturated carbocycles. The van der Waals surface area contributed by atoms with Crippen molar-refractivity contribution < 1.29 is 12.7 Å². The van der Waals surface area contributed by atoms with E-state index in [-0.39, 0.29) is 0 Å². The molecule has 0 aliphatic heterocycles. The van der Waals surface area contributed by atoms with E-state index in [1.807, 2.05) is 6.20 Å². The molecule has 10 heavy (non-hydrogen) atoms. The molecule has 0 aliphatic carbocycles. The second-order valence-corrected chi connectivity index (χ2v) is 2.87. The van der Waals surface area contributed by atoms with Crippen molar-refractivity contribution in [2.45, 2.75) is 0 Å². The molecule has 60 valence electrons. The van der Waals surface area contributed by atoms with Crippen LogP contribution < -0.4 is 0 Å². The predicted molar refractivity (Wildman–Crippen MR) is 40.3 cm³/mol. The molecule has 0 aromatic carbocycles. The fourth-order valence-electron chi connectivity index (χ4n) is 0.377. The van der Waals surface area contributed by atoms with E-state index in [1.54, 1.807) is 23.3 Å². The Morgan fingerprint density at radius 2 is 2.20 bits per heavy atom. The van der Waals surface area contributed by atoms with Crippen LogP contribution in [0.25, 0.3) is 6.20 Å². The average molecular weight is 224 g/mol. The van der Waals surface area contributed by atoms with Gasteiger partial charge < -0.3 is 4.57 Å².